The van der Waals surface area contributed by atoms with Crippen LogP contribution in [-0.4, -0.2) is 35.2 Å². The Hall–Kier alpha value is -3.43. The van der Waals surface area contributed by atoms with Crippen LogP contribution in [0.3, 0.4) is 0 Å². The van der Waals surface area contributed by atoms with Gasteiger partial charge in [0.1, 0.15) is 16.9 Å². The van der Waals surface area contributed by atoms with Crippen LogP contribution in [0, 0.1) is 29.9 Å². The molecule has 0 spiro atoms. The van der Waals surface area contributed by atoms with Gasteiger partial charge in [-0.2, -0.15) is 13.2 Å². The highest BCUT2D eigenvalue weighted by molar-refractivity contribution is 6.22. The van der Waals surface area contributed by atoms with Crippen LogP contribution in [0.2, 0.25) is 0 Å². The molecular weight excluding hydrogens is 453 g/mol. The molecule has 0 aliphatic carbocycles. The molecule has 0 aromatic heterocycles. The summed E-state index contributed by atoms with van der Waals surface area (Å²) in [5, 5.41) is 11.4. The second-order valence-electron chi connectivity index (χ2n) is 9.43. The van der Waals surface area contributed by atoms with Gasteiger partial charge in [0.05, 0.1) is 5.69 Å². The minimum absolute atomic E-state index is 0.0924. The number of ether oxygens (including phenoxy) is 1. The van der Waals surface area contributed by atoms with E-state index in [-0.39, 0.29) is 16.8 Å². The zero-order valence-electron chi connectivity index (χ0n) is 19.4. The summed E-state index contributed by atoms with van der Waals surface area (Å²) >= 11 is 0. The molecule has 0 saturated carbocycles. The lowest BCUT2D eigenvalue weighted by Crippen LogP contribution is -2.55. The van der Waals surface area contributed by atoms with Gasteiger partial charge in [-0.3, -0.25) is 14.9 Å². The molecule has 0 bridgehead atoms. The highest BCUT2D eigenvalue weighted by Crippen LogP contribution is 2.55. The fraction of sp³-hybridized carbons (Fsp3) is 0.417. The molecule has 2 aromatic rings. The average Bonchev–Trinajstić information content (AvgIpc) is 2.93. The number of imide groups is 1. The van der Waals surface area contributed by atoms with Crippen LogP contribution in [0.15, 0.2) is 42.5 Å². The first-order chi connectivity index (χ1) is 15.6. The maximum absolute atomic E-state index is 14.5. The summed E-state index contributed by atoms with van der Waals surface area (Å²) in [6.07, 6.45) is -6.29. The summed E-state index contributed by atoms with van der Waals surface area (Å²) in [5.41, 5.74) is -2.67. The lowest BCUT2D eigenvalue weighted by molar-refractivity contribution is -0.499. The molecule has 0 saturated heterocycles. The van der Waals surface area contributed by atoms with Gasteiger partial charge in [0.2, 0.25) is 6.54 Å². The summed E-state index contributed by atoms with van der Waals surface area (Å²) in [6.45, 7) is 6.45. The minimum atomic E-state index is -5.14. The Morgan fingerprint density at radius 3 is 2.15 bits per heavy atom. The Kier molecular flexibility index (Phi) is 6.23. The smallest absolute Gasteiger partial charge is 0.421 e. The monoisotopic (exact) mass is 478 g/mol. The van der Waals surface area contributed by atoms with Gasteiger partial charge in [-0.05, 0) is 51.8 Å². The van der Waals surface area contributed by atoms with Crippen LogP contribution >= 0.6 is 0 Å². The van der Waals surface area contributed by atoms with Crippen LogP contribution in [0.5, 0.6) is 0 Å². The number of fused-ring (bicyclic) bond motifs is 1. The maximum atomic E-state index is 14.5. The number of alkyl halides is 3. The number of rotatable bonds is 4. The van der Waals surface area contributed by atoms with E-state index in [0.29, 0.717) is 10.5 Å². The summed E-state index contributed by atoms with van der Waals surface area (Å²) in [7, 11) is 0. The van der Waals surface area contributed by atoms with Crippen LogP contribution in [0.25, 0.3) is 0 Å². The van der Waals surface area contributed by atoms with Crippen LogP contribution in [0.4, 0.5) is 23.7 Å². The van der Waals surface area contributed by atoms with E-state index in [2.05, 4.69) is 0 Å². The quantitative estimate of drug-likeness (QED) is 0.438. The molecule has 0 fully saturated rings. The van der Waals surface area contributed by atoms with Gasteiger partial charge in [0.15, 0.2) is 0 Å². The fourth-order valence-electron chi connectivity index (χ4n) is 4.32. The van der Waals surface area contributed by atoms with Crippen LogP contribution < -0.4 is 4.90 Å². The van der Waals surface area contributed by atoms with E-state index in [9.17, 15) is 32.9 Å². The van der Waals surface area contributed by atoms with Crippen molar-refractivity contribution in [2.24, 2.45) is 5.92 Å². The predicted molar refractivity (Wildman–Crippen MR) is 118 cm³/mol. The number of aryl methyl sites for hydroxylation is 2. The molecule has 1 aliphatic rings. The average molecular weight is 478 g/mol. The van der Waals surface area contributed by atoms with Crippen molar-refractivity contribution in [1.29, 1.82) is 0 Å². The summed E-state index contributed by atoms with van der Waals surface area (Å²) in [4.78, 5) is 37.9. The number of hydrogen-bond acceptors (Lipinski definition) is 5. The molecule has 2 aromatic carbocycles. The number of amides is 2. The highest BCUT2D eigenvalue weighted by atomic mass is 19.4. The van der Waals surface area contributed by atoms with Crippen molar-refractivity contribution in [2.45, 2.75) is 51.8 Å². The minimum Gasteiger partial charge on any atom is -0.443 e. The van der Waals surface area contributed by atoms with Crippen molar-refractivity contribution < 1.29 is 32.4 Å². The fourth-order valence-corrected chi connectivity index (χ4v) is 4.32. The number of anilines is 1. The van der Waals surface area contributed by atoms with E-state index in [4.69, 9.17) is 4.74 Å². The third-order valence-electron chi connectivity index (χ3n) is 5.69. The van der Waals surface area contributed by atoms with Crippen LogP contribution in [-0.2, 0) is 14.9 Å². The van der Waals surface area contributed by atoms with Gasteiger partial charge < -0.3 is 4.74 Å². The Morgan fingerprint density at radius 1 is 1.09 bits per heavy atom. The highest BCUT2D eigenvalue weighted by Gasteiger charge is 2.67. The van der Waals surface area contributed by atoms with Gasteiger partial charge in [-0.1, -0.05) is 47.5 Å². The second-order valence-corrected chi connectivity index (χ2v) is 9.43. The van der Waals surface area contributed by atoms with Crippen molar-refractivity contribution in [3.63, 3.8) is 0 Å². The molecule has 0 radical (unpaired) electrons. The van der Waals surface area contributed by atoms with E-state index in [0.717, 1.165) is 5.56 Å². The third-order valence-corrected chi connectivity index (χ3v) is 5.69. The van der Waals surface area contributed by atoms with E-state index >= 15 is 0 Å². The van der Waals surface area contributed by atoms with Crippen LogP contribution in [0.1, 0.15) is 43.0 Å². The zero-order chi connectivity index (χ0) is 25.6. The number of carbonyl (C=O) groups is 2. The largest absolute Gasteiger partial charge is 0.443 e. The van der Waals surface area contributed by atoms with Crippen molar-refractivity contribution in [3.8, 4) is 0 Å². The Labute approximate surface area is 194 Å². The first-order valence-corrected chi connectivity index (χ1v) is 10.5. The Balaban J connectivity index is 2.42. The molecular formula is C24H25F3N2O5. The summed E-state index contributed by atoms with van der Waals surface area (Å²) < 4.78 is 48.9. The molecule has 7 nitrogen and oxygen atoms in total. The maximum Gasteiger partial charge on any atom is 0.421 e. The first-order valence-electron chi connectivity index (χ1n) is 10.5. The van der Waals surface area contributed by atoms with E-state index in [1.807, 2.05) is 0 Å². The number of halogens is 3. The molecule has 1 heterocycles. The molecule has 0 N–H and O–H groups in total. The van der Waals surface area contributed by atoms with E-state index in [1.54, 1.807) is 40.7 Å². The second kappa shape index (κ2) is 8.41. The molecule has 2 atom stereocenters. The number of nitrogens with zero attached hydrogens (tertiary/aromatic N) is 2. The van der Waals surface area contributed by atoms with Crippen molar-refractivity contribution in [1.82, 2.24) is 0 Å². The first kappa shape index (κ1) is 25.2. The number of carbonyl (C=O) groups excluding carboxylic acids is 2. The normalized spacial score (nSPS) is 19.1. The van der Waals surface area contributed by atoms with E-state index < -0.39 is 46.6 Å². The Morgan fingerprint density at radius 2 is 1.65 bits per heavy atom. The van der Waals surface area contributed by atoms with Crippen molar-refractivity contribution in [2.75, 3.05) is 11.4 Å². The number of hydrogen-bond donors (Lipinski definition) is 0. The molecule has 0 unspecified atom stereocenters. The molecule has 3 rings (SSSR count). The summed E-state index contributed by atoms with van der Waals surface area (Å²) in [5.74, 6) is -3.98. The Bertz CT molecular complexity index is 1140. The summed E-state index contributed by atoms with van der Waals surface area (Å²) in [6, 6.07) is 10.0. The number of nitro groups is 1. The molecule has 10 heteroatoms. The molecule has 2 amide bonds. The van der Waals surface area contributed by atoms with Crippen molar-refractivity contribution in [3.05, 3.63) is 74.8 Å². The number of benzene rings is 2. The standard InChI is InChI=1S/C24H25F3N2O5/c1-14-6-9-16(10-7-14)23(19(13-28(32)33)24(25,26)27)17-12-15(2)8-11-18(17)29(20(23)30)21(31)34-22(3,4)5/h6-12,19H,13H2,1-5H3/t19-,23+/m0/s1. The van der Waals surface area contributed by atoms with Gasteiger partial charge in [0, 0.05) is 4.92 Å². The van der Waals surface area contributed by atoms with E-state index in [1.165, 1.54) is 36.4 Å². The molecule has 34 heavy (non-hydrogen) atoms. The topological polar surface area (TPSA) is 89.8 Å². The SMILES string of the molecule is Cc1ccc([C@@]2([C@H](C[N+](=O)[O-])C(F)(F)F)C(=O)N(C(=O)OC(C)(C)C)c3ccc(C)cc32)cc1. The van der Waals surface area contributed by atoms with Gasteiger partial charge in [0.25, 0.3) is 5.91 Å². The predicted octanol–water partition coefficient (Wildman–Crippen LogP) is 5.33. The lowest BCUT2D eigenvalue weighted by atomic mass is 9.65. The third kappa shape index (κ3) is 4.36. The molecule has 1 aliphatic heterocycles. The zero-order valence-corrected chi connectivity index (χ0v) is 19.4. The lowest BCUT2D eigenvalue weighted by Gasteiger charge is -2.36. The van der Waals surface area contributed by atoms with Crippen molar-refractivity contribution >= 4 is 17.7 Å². The van der Waals surface area contributed by atoms with Gasteiger partial charge in [-0.15, -0.1) is 0 Å². The van der Waals surface area contributed by atoms with Gasteiger partial charge >= 0.3 is 12.3 Å². The van der Waals surface area contributed by atoms with Gasteiger partial charge in [-0.25, -0.2) is 9.69 Å². The molecule has 182 valence electrons.